The Kier molecular flexibility index (Phi) is 4.78. The molecule has 1 aliphatic carbocycles. The summed E-state index contributed by atoms with van der Waals surface area (Å²) in [5.74, 6) is -0.330. The molecule has 0 radical (unpaired) electrons. The van der Waals surface area contributed by atoms with Crippen LogP contribution in [0.3, 0.4) is 0 Å². The molecule has 0 bridgehead atoms. The molecule has 0 aliphatic heterocycles. The lowest BCUT2D eigenvalue weighted by Crippen LogP contribution is -2.33. The molecule has 5 nitrogen and oxygen atoms in total. The highest BCUT2D eigenvalue weighted by molar-refractivity contribution is 7.86. The van der Waals surface area contributed by atoms with Gasteiger partial charge in [-0.05, 0) is 46.5 Å². The van der Waals surface area contributed by atoms with Crippen LogP contribution in [-0.4, -0.2) is 32.3 Å². The quantitative estimate of drug-likeness (QED) is 0.582. The van der Waals surface area contributed by atoms with Crippen LogP contribution in [-0.2, 0) is 23.8 Å². The number of carbonyl (C=O) groups excluding carboxylic acids is 1. The third-order valence-corrected chi connectivity index (χ3v) is 3.35. The molecule has 18 heavy (non-hydrogen) atoms. The van der Waals surface area contributed by atoms with Gasteiger partial charge in [0.05, 0.1) is 18.3 Å². The van der Waals surface area contributed by atoms with Crippen molar-refractivity contribution in [3.05, 3.63) is 0 Å². The number of hydrogen-bond donors (Lipinski definition) is 0. The van der Waals surface area contributed by atoms with Gasteiger partial charge >= 0.3 is 5.97 Å². The SMILES string of the molecule is CC(C)(C)OC(=O)[C@H]1CC[C@H](OS(C)(=O)=O)CC1. The van der Waals surface area contributed by atoms with Crippen LogP contribution in [0.4, 0.5) is 0 Å². The van der Waals surface area contributed by atoms with E-state index >= 15 is 0 Å². The van der Waals surface area contributed by atoms with Crippen molar-refractivity contribution in [1.82, 2.24) is 0 Å². The predicted octanol–water partition coefficient (Wildman–Crippen LogP) is 1.86. The van der Waals surface area contributed by atoms with Gasteiger partial charge in [0.15, 0.2) is 0 Å². The van der Waals surface area contributed by atoms with Crippen molar-refractivity contribution >= 4 is 16.1 Å². The lowest BCUT2D eigenvalue weighted by atomic mass is 9.87. The first-order chi connectivity index (χ1) is 8.07. The van der Waals surface area contributed by atoms with Crippen LogP contribution in [0.2, 0.25) is 0 Å². The fraction of sp³-hybridized carbons (Fsp3) is 0.917. The maximum atomic E-state index is 11.8. The van der Waals surface area contributed by atoms with Gasteiger partial charge in [0.2, 0.25) is 0 Å². The number of esters is 1. The van der Waals surface area contributed by atoms with Crippen LogP contribution in [0.5, 0.6) is 0 Å². The van der Waals surface area contributed by atoms with E-state index < -0.39 is 15.7 Å². The normalized spacial score (nSPS) is 25.8. The van der Waals surface area contributed by atoms with Gasteiger partial charge in [-0.2, -0.15) is 8.42 Å². The number of ether oxygens (including phenoxy) is 1. The van der Waals surface area contributed by atoms with E-state index in [4.69, 9.17) is 8.92 Å². The van der Waals surface area contributed by atoms with E-state index in [1.54, 1.807) is 0 Å². The van der Waals surface area contributed by atoms with Crippen molar-refractivity contribution in [3.8, 4) is 0 Å². The second kappa shape index (κ2) is 5.57. The predicted molar refractivity (Wildman–Crippen MR) is 67.5 cm³/mol. The summed E-state index contributed by atoms with van der Waals surface area (Å²) in [7, 11) is -3.41. The smallest absolute Gasteiger partial charge is 0.309 e. The van der Waals surface area contributed by atoms with Crippen molar-refractivity contribution in [2.45, 2.75) is 58.2 Å². The summed E-state index contributed by atoms with van der Waals surface area (Å²) >= 11 is 0. The molecular formula is C12H22O5S. The van der Waals surface area contributed by atoms with E-state index in [1.165, 1.54) is 0 Å². The minimum atomic E-state index is -3.41. The zero-order valence-electron chi connectivity index (χ0n) is 11.4. The fourth-order valence-corrected chi connectivity index (χ4v) is 2.71. The molecule has 0 aromatic carbocycles. The zero-order valence-corrected chi connectivity index (χ0v) is 12.2. The number of rotatable bonds is 3. The van der Waals surface area contributed by atoms with Gasteiger partial charge in [-0.3, -0.25) is 8.98 Å². The molecule has 0 N–H and O–H groups in total. The topological polar surface area (TPSA) is 69.7 Å². The number of carbonyl (C=O) groups is 1. The summed E-state index contributed by atoms with van der Waals surface area (Å²) in [5.41, 5.74) is -0.475. The second-order valence-electron chi connectivity index (χ2n) is 5.81. The Morgan fingerprint density at radius 2 is 1.61 bits per heavy atom. The van der Waals surface area contributed by atoms with Gasteiger partial charge < -0.3 is 4.74 Å². The van der Waals surface area contributed by atoms with Crippen molar-refractivity contribution in [2.75, 3.05) is 6.26 Å². The van der Waals surface area contributed by atoms with E-state index in [2.05, 4.69) is 0 Å². The van der Waals surface area contributed by atoms with E-state index in [0.717, 1.165) is 6.26 Å². The first kappa shape index (κ1) is 15.4. The molecule has 0 aromatic rings. The maximum Gasteiger partial charge on any atom is 0.309 e. The van der Waals surface area contributed by atoms with Crippen LogP contribution in [0, 0.1) is 5.92 Å². The minimum absolute atomic E-state index is 0.136. The molecule has 1 rings (SSSR count). The Bertz CT molecular complexity index is 385. The molecule has 0 unspecified atom stereocenters. The third-order valence-electron chi connectivity index (χ3n) is 2.73. The molecule has 6 heteroatoms. The Labute approximate surface area is 109 Å². The highest BCUT2D eigenvalue weighted by atomic mass is 32.2. The van der Waals surface area contributed by atoms with Crippen LogP contribution in [0.25, 0.3) is 0 Å². The van der Waals surface area contributed by atoms with E-state index in [0.29, 0.717) is 25.7 Å². The Morgan fingerprint density at radius 1 is 1.11 bits per heavy atom. The van der Waals surface area contributed by atoms with E-state index in [9.17, 15) is 13.2 Å². The molecule has 1 fully saturated rings. The Balaban J connectivity index is 2.42. The van der Waals surface area contributed by atoms with E-state index in [1.807, 2.05) is 20.8 Å². The van der Waals surface area contributed by atoms with E-state index in [-0.39, 0.29) is 18.0 Å². The van der Waals surface area contributed by atoms with Crippen molar-refractivity contribution in [2.24, 2.45) is 5.92 Å². The van der Waals surface area contributed by atoms with Crippen molar-refractivity contribution < 1.29 is 22.1 Å². The highest BCUT2D eigenvalue weighted by Gasteiger charge is 2.31. The lowest BCUT2D eigenvalue weighted by molar-refractivity contribution is -0.161. The molecular weight excluding hydrogens is 256 g/mol. The zero-order chi connectivity index (χ0) is 14.0. The fourth-order valence-electron chi connectivity index (χ4n) is 2.03. The first-order valence-electron chi connectivity index (χ1n) is 6.18. The minimum Gasteiger partial charge on any atom is -0.460 e. The largest absolute Gasteiger partial charge is 0.460 e. The summed E-state index contributed by atoms with van der Waals surface area (Å²) in [6.07, 6.45) is 3.16. The first-order valence-corrected chi connectivity index (χ1v) is 7.99. The average molecular weight is 278 g/mol. The molecule has 0 atom stereocenters. The van der Waals surface area contributed by atoms with Crippen LogP contribution < -0.4 is 0 Å². The summed E-state index contributed by atoms with van der Waals surface area (Å²) in [4.78, 5) is 11.8. The van der Waals surface area contributed by atoms with Crippen molar-refractivity contribution in [3.63, 3.8) is 0 Å². The summed E-state index contributed by atoms with van der Waals surface area (Å²) < 4.78 is 32.2. The second-order valence-corrected chi connectivity index (χ2v) is 7.41. The molecule has 0 amide bonds. The average Bonchev–Trinajstić information content (AvgIpc) is 2.13. The molecule has 0 spiro atoms. The summed E-state index contributed by atoms with van der Waals surface area (Å²) in [6, 6.07) is 0. The van der Waals surface area contributed by atoms with Gasteiger partial charge in [0.25, 0.3) is 10.1 Å². The van der Waals surface area contributed by atoms with Gasteiger partial charge in [-0.15, -0.1) is 0 Å². The van der Waals surface area contributed by atoms with Gasteiger partial charge in [-0.1, -0.05) is 0 Å². The third kappa shape index (κ3) is 5.82. The molecule has 0 heterocycles. The summed E-state index contributed by atoms with van der Waals surface area (Å²) in [6.45, 7) is 5.51. The molecule has 0 aromatic heterocycles. The van der Waals surface area contributed by atoms with Crippen molar-refractivity contribution in [1.29, 1.82) is 0 Å². The molecule has 1 saturated carbocycles. The van der Waals surface area contributed by atoms with Gasteiger partial charge in [0.1, 0.15) is 5.60 Å². The van der Waals surface area contributed by atoms with Gasteiger partial charge in [-0.25, -0.2) is 0 Å². The Morgan fingerprint density at radius 3 is 2.00 bits per heavy atom. The number of hydrogen-bond acceptors (Lipinski definition) is 5. The van der Waals surface area contributed by atoms with Crippen LogP contribution >= 0.6 is 0 Å². The molecule has 0 saturated heterocycles. The highest BCUT2D eigenvalue weighted by Crippen LogP contribution is 2.29. The monoisotopic (exact) mass is 278 g/mol. The van der Waals surface area contributed by atoms with Gasteiger partial charge in [0, 0.05) is 0 Å². The standard InChI is InChI=1S/C12H22O5S/c1-12(2,3)16-11(13)9-5-7-10(8-6-9)17-18(4,14)15/h9-10H,5-8H2,1-4H3/t9-,10-. The summed E-state index contributed by atoms with van der Waals surface area (Å²) in [5, 5.41) is 0. The Hall–Kier alpha value is -0.620. The van der Waals surface area contributed by atoms with Crippen LogP contribution in [0.1, 0.15) is 46.5 Å². The van der Waals surface area contributed by atoms with Crippen LogP contribution in [0.15, 0.2) is 0 Å². The molecule has 1 aliphatic rings. The maximum absolute atomic E-state index is 11.8. The molecule has 106 valence electrons. The lowest BCUT2D eigenvalue weighted by Gasteiger charge is -2.29.